The molecule has 3 rings (SSSR count). The van der Waals surface area contributed by atoms with Gasteiger partial charge in [0, 0.05) is 12.6 Å². The molecule has 1 heterocycles. The highest BCUT2D eigenvalue weighted by Gasteiger charge is 2.32. The summed E-state index contributed by atoms with van der Waals surface area (Å²) in [6.45, 7) is 4.65. The molecule has 2 aromatic rings. The zero-order valence-corrected chi connectivity index (χ0v) is 12.4. The van der Waals surface area contributed by atoms with E-state index < -0.39 is 0 Å². The van der Waals surface area contributed by atoms with Crippen molar-refractivity contribution in [1.29, 1.82) is 0 Å². The van der Waals surface area contributed by atoms with Gasteiger partial charge >= 0.3 is 0 Å². The van der Waals surface area contributed by atoms with Gasteiger partial charge in [0.15, 0.2) is 0 Å². The number of ether oxygens (including phenoxy) is 1. The Labute approximate surface area is 126 Å². The third-order valence-electron chi connectivity index (χ3n) is 4.05. The molecule has 0 saturated carbocycles. The molecule has 1 N–H and O–H groups in total. The van der Waals surface area contributed by atoms with Gasteiger partial charge in [-0.05, 0) is 18.1 Å². The molecule has 0 aromatic heterocycles. The summed E-state index contributed by atoms with van der Waals surface area (Å²) >= 11 is 0. The summed E-state index contributed by atoms with van der Waals surface area (Å²) in [5.41, 5.74) is 2.57. The summed E-state index contributed by atoms with van der Waals surface area (Å²) in [7, 11) is 0. The SMILES string of the molecule is C[C@@H]1[C@H](c2ccccc2)OCN1CNCc1ccccc1. The first kappa shape index (κ1) is 14.3. The van der Waals surface area contributed by atoms with Gasteiger partial charge in [0.25, 0.3) is 0 Å². The van der Waals surface area contributed by atoms with Gasteiger partial charge in [0.05, 0.1) is 12.8 Å². The van der Waals surface area contributed by atoms with Gasteiger partial charge in [-0.15, -0.1) is 0 Å². The van der Waals surface area contributed by atoms with Crippen molar-refractivity contribution in [2.75, 3.05) is 13.4 Å². The minimum absolute atomic E-state index is 0.171. The van der Waals surface area contributed by atoms with Crippen molar-refractivity contribution < 1.29 is 4.74 Å². The van der Waals surface area contributed by atoms with Crippen LogP contribution in [0.1, 0.15) is 24.2 Å². The molecule has 0 spiro atoms. The van der Waals surface area contributed by atoms with Crippen molar-refractivity contribution in [1.82, 2.24) is 10.2 Å². The lowest BCUT2D eigenvalue weighted by Gasteiger charge is -2.22. The smallest absolute Gasteiger partial charge is 0.101 e. The van der Waals surface area contributed by atoms with E-state index in [0.29, 0.717) is 12.8 Å². The summed E-state index contributed by atoms with van der Waals surface area (Å²) in [6, 6.07) is 21.3. The molecular weight excluding hydrogens is 260 g/mol. The van der Waals surface area contributed by atoms with Gasteiger partial charge in [0.2, 0.25) is 0 Å². The summed E-state index contributed by atoms with van der Waals surface area (Å²) in [5.74, 6) is 0. The first-order valence-electron chi connectivity index (χ1n) is 7.50. The summed E-state index contributed by atoms with van der Waals surface area (Å²) in [4.78, 5) is 2.33. The standard InChI is InChI=1S/C18H22N2O/c1-15-18(17-10-6-3-7-11-17)21-14-20(15)13-19-12-16-8-4-2-5-9-16/h2-11,15,18-19H,12-14H2,1H3/t15-,18-/m1/s1. The first-order chi connectivity index (χ1) is 10.3. The minimum atomic E-state index is 0.171. The lowest BCUT2D eigenvalue weighted by atomic mass is 10.0. The fourth-order valence-corrected chi connectivity index (χ4v) is 2.77. The lowest BCUT2D eigenvalue weighted by molar-refractivity contribution is 0.0870. The predicted molar refractivity (Wildman–Crippen MR) is 84.6 cm³/mol. The molecule has 0 aliphatic carbocycles. The Hall–Kier alpha value is -1.68. The second-order valence-corrected chi connectivity index (χ2v) is 5.53. The van der Waals surface area contributed by atoms with Crippen molar-refractivity contribution in [3.63, 3.8) is 0 Å². The fraction of sp³-hybridized carbons (Fsp3) is 0.333. The van der Waals surface area contributed by atoms with Crippen LogP contribution in [-0.4, -0.2) is 24.3 Å². The maximum Gasteiger partial charge on any atom is 0.101 e. The zero-order valence-electron chi connectivity index (χ0n) is 12.4. The number of nitrogens with zero attached hydrogens (tertiary/aromatic N) is 1. The van der Waals surface area contributed by atoms with Crippen LogP contribution < -0.4 is 5.32 Å². The molecule has 0 radical (unpaired) electrons. The van der Waals surface area contributed by atoms with Gasteiger partial charge in [-0.25, -0.2) is 0 Å². The van der Waals surface area contributed by atoms with Crippen LogP contribution in [0.2, 0.25) is 0 Å². The first-order valence-corrected chi connectivity index (χ1v) is 7.50. The monoisotopic (exact) mass is 282 g/mol. The highest BCUT2D eigenvalue weighted by molar-refractivity contribution is 5.20. The van der Waals surface area contributed by atoms with Crippen LogP contribution in [0.4, 0.5) is 0 Å². The van der Waals surface area contributed by atoms with E-state index in [9.17, 15) is 0 Å². The van der Waals surface area contributed by atoms with E-state index in [1.165, 1.54) is 11.1 Å². The Kier molecular flexibility index (Phi) is 4.65. The average Bonchev–Trinajstić information content (AvgIpc) is 2.90. The van der Waals surface area contributed by atoms with Crippen LogP contribution in [0.25, 0.3) is 0 Å². The van der Waals surface area contributed by atoms with Crippen LogP contribution >= 0.6 is 0 Å². The number of nitrogens with one attached hydrogen (secondary N) is 1. The fourth-order valence-electron chi connectivity index (χ4n) is 2.77. The molecule has 1 aliphatic heterocycles. The number of rotatable bonds is 5. The van der Waals surface area contributed by atoms with E-state index in [4.69, 9.17) is 4.74 Å². The van der Waals surface area contributed by atoms with Crippen LogP contribution in [0.3, 0.4) is 0 Å². The Morgan fingerprint density at radius 3 is 2.43 bits per heavy atom. The third kappa shape index (κ3) is 3.50. The maximum absolute atomic E-state index is 5.95. The van der Waals surface area contributed by atoms with E-state index in [1.54, 1.807) is 0 Å². The average molecular weight is 282 g/mol. The highest BCUT2D eigenvalue weighted by atomic mass is 16.5. The molecule has 0 unspecified atom stereocenters. The maximum atomic E-state index is 5.95. The number of hydrogen-bond acceptors (Lipinski definition) is 3. The van der Waals surface area contributed by atoms with Gasteiger partial charge in [-0.3, -0.25) is 4.90 Å². The van der Waals surface area contributed by atoms with Gasteiger partial charge in [-0.1, -0.05) is 60.7 Å². The summed E-state index contributed by atoms with van der Waals surface area (Å²) in [6.07, 6.45) is 0.171. The van der Waals surface area contributed by atoms with E-state index >= 15 is 0 Å². The van der Waals surface area contributed by atoms with Gasteiger partial charge in [-0.2, -0.15) is 0 Å². The molecule has 3 nitrogen and oxygen atoms in total. The van der Waals surface area contributed by atoms with Crippen molar-refractivity contribution in [3.8, 4) is 0 Å². The van der Waals surface area contributed by atoms with Crippen molar-refractivity contribution in [2.24, 2.45) is 0 Å². The van der Waals surface area contributed by atoms with Crippen LogP contribution in [0.5, 0.6) is 0 Å². The number of benzene rings is 2. The van der Waals surface area contributed by atoms with E-state index in [0.717, 1.165) is 13.2 Å². The molecule has 1 fully saturated rings. The van der Waals surface area contributed by atoms with Crippen LogP contribution in [0.15, 0.2) is 60.7 Å². The van der Waals surface area contributed by atoms with E-state index in [2.05, 4.69) is 65.7 Å². The van der Waals surface area contributed by atoms with Crippen molar-refractivity contribution in [3.05, 3.63) is 71.8 Å². The Morgan fingerprint density at radius 2 is 1.71 bits per heavy atom. The quantitative estimate of drug-likeness (QED) is 0.911. The normalized spacial score (nSPS) is 22.5. The van der Waals surface area contributed by atoms with E-state index in [1.807, 2.05) is 12.1 Å². The second kappa shape index (κ2) is 6.85. The van der Waals surface area contributed by atoms with Crippen LogP contribution in [-0.2, 0) is 11.3 Å². The number of hydrogen-bond donors (Lipinski definition) is 1. The molecular formula is C18H22N2O. The highest BCUT2D eigenvalue weighted by Crippen LogP contribution is 2.30. The minimum Gasteiger partial charge on any atom is -0.356 e. The third-order valence-corrected chi connectivity index (χ3v) is 4.05. The Balaban J connectivity index is 1.51. The largest absolute Gasteiger partial charge is 0.356 e. The molecule has 2 atom stereocenters. The van der Waals surface area contributed by atoms with Crippen molar-refractivity contribution >= 4 is 0 Å². The Bertz CT molecular complexity index is 544. The molecule has 2 aromatic carbocycles. The van der Waals surface area contributed by atoms with Gasteiger partial charge < -0.3 is 10.1 Å². The molecule has 21 heavy (non-hydrogen) atoms. The predicted octanol–water partition coefficient (Wildman–Crippen LogP) is 3.15. The Morgan fingerprint density at radius 1 is 1.05 bits per heavy atom. The molecule has 110 valence electrons. The van der Waals surface area contributed by atoms with Crippen LogP contribution in [0, 0.1) is 0 Å². The van der Waals surface area contributed by atoms with E-state index in [-0.39, 0.29) is 6.10 Å². The molecule has 0 bridgehead atoms. The summed E-state index contributed by atoms with van der Waals surface area (Å²) in [5, 5.41) is 3.49. The van der Waals surface area contributed by atoms with Crippen molar-refractivity contribution in [2.45, 2.75) is 25.6 Å². The molecule has 3 heteroatoms. The molecule has 0 amide bonds. The second-order valence-electron chi connectivity index (χ2n) is 5.53. The summed E-state index contributed by atoms with van der Waals surface area (Å²) < 4.78 is 5.95. The zero-order chi connectivity index (χ0) is 14.5. The lowest BCUT2D eigenvalue weighted by Crippen LogP contribution is -2.37. The van der Waals surface area contributed by atoms with Gasteiger partial charge in [0.1, 0.15) is 6.73 Å². The molecule has 1 aliphatic rings. The topological polar surface area (TPSA) is 24.5 Å². The molecule has 1 saturated heterocycles.